The molecule has 1 aromatic heterocycles. The standard InChI is InChI=1S/C13H21N3O/c1-2-5-16-11-14-7-13(16)9-15-6-3-4-12(8-15)10-17/h7,10-12H,2-6,8-9H2,1H3. The van der Waals surface area contributed by atoms with E-state index in [1.54, 1.807) is 0 Å². The summed E-state index contributed by atoms with van der Waals surface area (Å²) in [6, 6.07) is 0. The minimum absolute atomic E-state index is 0.228. The molecule has 4 heteroatoms. The molecule has 94 valence electrons. The van der Waals surface area contributed by atoms with Crippen molar-refractivity contribution in [1.29, 1.82) is 0 Å². The first-order chi connectivity index (χ1) is 8.33. The van der Waals surface area contributed by atoms with E-state index in [0.29, 0.717) is 0 Å². The van der Waals surface area contributed by atoms with Crippen molar-refractivity contribution in [3.05, 3.63) is 18.2 Å². The topological polar surface area (TPSA) is 38.1 Å². The smallest absolute Gasteiger partial charge is 0.124 e. The molecular weight excluding hydrogens is 214 g/mol. The van der Waals surface area contributed by atoms with Crippen LogP contribution < -0.4 is 0 Å². The number of hydrogen-bond donors (Lipinski definition) is 0. The van der Waals surface area contributed by atoms with Crippen LogP contribution in [-0.2, 0) is 17.9 Å². The van der Waals surface area contributed by atoms with Gasteiger partial charge in [-0.05, 0) is 25.8 Å². The van der Waals surface area contributed by atoms with Crippen LogP contribution in [0.4, 0.5) is 0 Å². The number of imidazole rings is 1. The highest BCUT2D eigenvalue weighted by Crippen LogP contribution is 2.16. The fourth-order valence-electron chi connectivity index (χ4n) is 2.50. The molecule has 2 heterocycles. The maximum absolute atomic E-state index is 10.8. The van der Waals surface area contributed by atoms with Crippen molar-refractivity contribution in [2.45, 2.75) is 39.3 Å². The molecule has 0 N–H and O–H groups in total. The monoisotopic (exact) mass is 235 g/mol. The minimum Gasteiger partial charge on any atom is -0.333 e. The third-order valence-electron chi connectivity index (χ3n) is 3.38. The van der Waals surface area contributed by atoms with E-state index >= 15 is 0 Å². The molecule has 0 amide bonds. The summed E-state index contributed by atoms with van der Waals surface area (Å²) in [7, 11) is 0. The predicted molar refractivity (Wildman–Crippen MR) is 66.6 cm³/mol. The summed E-state index contributed by atoms with van der Waals surface area (Å²) in [5.74, 6) is 0.228. The van der Waals surface area contributed by atoms with Crippen molar-refractivity contribution in [2.24, 2.45) is 5.92 Å². The largest absolute Gasteiger partial charge is 0.333 e. The molecule has 1 fully saturated rings. The van der Waals surface area contributed by atoms with Gasteiger partial charge in [0.2, 0.25) is 0 Å². The average Bonchev–Trinajstić information content (AvgIpc) is 2.78. The van der Waals surface area contributed by atoms with E-state index in [1.165, 1.54) is 5.69 Å². The van der Waals surface area contributed by atoms with Gasteiger partial charge in [-0.1, -0.05) is 6.92 Å². The number of aromatic nitrogens is 2. The molecular formula is C13H21N3O. The molecule has 0 radical (unpaired) electrons. The normalized spacial score (nSPS) is 21.6. The quantitative estimate of drug-likeness (QED) is 0.729. The lowest BCUT2D eigenvalue weighted by molar-refractivity contribution is -0.112. The summed E-state index contributed by atoms with van der Waals surface area (Å²) in [6.07, 6.45) is 8.26. The third-order valence-corrected chi connectivity index (χ3v) is 3.38. The number of carbonyl (C=O) groups is 1. The highest BCUT2D eigenvalue weighted by atomic mass is 16.1. The number of hydrogen-bond acceptors (Lipinski definition) is 3. The highest BCUT2D eigenvalue weighted by Gasteiger charge is 2.20. The van der Waals surface area contributed by atoms with Crippen molar-refractivity contribution in [2.75, 3.05) is 13.1 Å². The molecule has 4 nitrogen and oxygen atoms in total. The Morgan fingerprint density at radius 1 is 1.59 bits per heavy atom. The van der Waals surface area contributed by atoms with Crippen LogP contribution in [0.1, 0.15) is 31.9 Å². The first-order valence-corrected chi connectivity index (χ1v) is 6.50. The lowest BCUT2D eigenvalue weighted by atomic mass is 10.00. The van der Waals surface area contributed by atoms with E-state index in [2.05, 4.69) is 21.4 Å². The summed E-state index contributed by atoms with van der Waals surface area (Å²) < 4.78 is 2.21. The summed E-state index contributed by atoms with van der Waals surface area (Å²) >= 11 is 0. The van der Waals surface area contributed by atoms with Crippen LogP contribution in [0.15, 0.2) is 12.5 Å². The number of piperidine rings is 1. The van der Waals surface area contributed by atoms with E-state index in [0.717, 1.165) is 51.7 Å². The highest BCUT2D eigenvalue weighted by molar-refractivity contribution is 5.53. The maximum atomic E-state index is 10.8. The van der Waals surface area contributed by atoms with Crippen molar-refractivity contribution in [3.63, 3.8) is 0 Å². The van der Waals surface area contributed by atoms with Crippen LogP contribution in [0.25, 0.3) is 0 Å². The molecule has 0 aromatic carbocycles. The van der Waals surface area contributed by atoms with E-state index < -0.39 is 0 Å². The molecule has 0 saturated carbocycles. The lowest BCUT2D eigenvalue weighted by Gasteiger charge is -2.30. The zero-order valence-electron chi connectivity index (χ0n) is 10.5. The molecule has 0 spiro atoms. The van der Waals surface area contributed by atoms with Crippen LogP contribution in [0.5, 0.6) is 0 Å². The zero-order valence-corrected chi connectivity index (χ0v) is 10.5. The lowest BCUT2D eigenvalue weighted by Crippen LogP contribution is -2.36. The Labute approximate surface area is 103 Å². The van der Waals surface area contributed by atoms with E-state index in [9.17, 15) is 4.79 Å². The van der Waals surface area contributed by atoms with Gasteiger partial charge in [0.25, 0.3) is 0 Å². The van der Waals surface area contributed by atoms with Crippen LogP contribution in [0.3, 0.4) is 0 Å². The number of aldehydes is 1. The second kappa shape index (κ2) is 5.96. The molecule has 1 atom stereocenters. The molecule has 0 aliphatic carbocycles. The van der Waals surface area contributed by atoms with Gasteiger partial charge >= 0.3 is 0 Å². The van der Waals surface area contributed by atoms with Crippen LogP contribution >= 0.6 is 0 Å². The Morgan fingerprint density at radius 3 is 3.24 bits per heavy atom. The van der Waals surface area contributed by atoms with E-state index in [1.807, 2.05) is 12.5 Å². The van der Waals surface area contributed by atoms with Crippen molar-refractivity contribution in [1.82, 2.24) is 14.5 Å². The first-order valence-electron chi connectivity index (χ1n) is 6.50. The average molecular weight is 235 g/mol. The fraction of sp³-hybridized carbons (Fsp3) is 0.692. The van der Waals surface area contributed by atoms with Crippen molar-refractivity contribution >= 4 is 6.29 Å². The molecule has 2 rings (SSSR count). The maximum Gasteiger partial charge on any atom is 0.124 e. The van der Waals surface area contributed by atoms with Gasteiger partial charge in [0.15, 0.2) is 0 Å². The summed E-state index contributed by atoms with van der Waals surface area (Å²) in [5.41, 5.74) is 1.26. The van der Waals surface area contributed by atoms with E-state index in [-0.39, 0.29) is 5.92 Å². The van der Waals surface area contributed by atoms with Gasteiger partial charge < -0.3 is 9.36 Å². The number of rotatable bonds is 5. The Bertz CT molecular complexity index is 361. The number of nitrogens with zero attached hydrogens (tertiary/aromatic N) is 3. The van der Waals surface area contributed by atoms with Gasteiger partial charge in [-0.2, -0.15) is 0 Å². The predicted octanol–water partition coefficient (Wildman–Crippen LogP) is 1.70. The Kier molecular flexibility index (Phi) is 4.31. The third kappa shape index (κ3) is 3.16. The van der Waals surface area contributed by atoms with Crippen LogP contribution in [0.2, 0.25) is 0 Å². The second-order valence-electron chi connectivity index (χ2n) is 4.85. The summed E-state index contributed by atoms with van der Waals surface area (Å²) in [5, 5.41) is 0. The van der Waals surface area contributed by atoms with E-state index in [4.69, 9.17) is 0 Å². The van der Waals surface area contributed by atoms with Crippen molar-refractivity contribution in [3.8, 4) is 0 Å². The zero-order chi connectivity index (χ0) is 12.1. The SMILES string of the molecule is CCCn1cncc1CN1CCCC(C=O)C1. The van der Waals surface area contributed by atoms with Crippen LogP contribution in [0, 0.1) is 5.92 Å². The van der Waals surface area contributed by atoms with Gasteiger partial charge in [0, 0.05) is 31.7 Å². The molecule has 1 unspecified atom stereocenters. The summed E-state index contributed by atoms with van der Waals surface area (Å²) in [4.78, 5) is 17.4. The molecule has 17 heavy (non-hydrogen) atoms. The van der Waals surface area contributed by atoms with Gasteiger partial charge in [-0.3, -0.25) is 4.90 Å². The first kappa shape index (κ1) is 12.3. The minimum atomic E-state index is 0.228. The summed E-state index contributed by atoms with van der Waals surface area (Å²) in [6.45, 7) is 6.13. The number of likely N-dealkylation sites (tertiary alicyclic amines) is 1. The van der Waals surface area contributed by atoms with Gasteiger partial charge in [0.05, 0.1) is 12.0 Å². The number of aryl methyl sites for hydroxylation is 1. The Morgan fingerprint density at radius 2 is 2.47 bits per heavy atom. The molecule has 0 bridgehead atoms. The molecule has 1 aliphatic rings. The van der Waals surface area contributed by atoms with Crippen LogP contribution in [-0.4, -0.2) is 33.8 Å². The molecule has 1 aliphatic heterocycles. The second-order valence-corrected chi connectivity index (χ2v) is 4.85. The van der Waals surface area contributed by atoms with Crippen molar-refractivity contribution < 1.29 is 4.79 Å². The fourth-order valence-corrected chi connectivity index (χ4v) is 2.50. The van der Waals surface area contributed by atoms with Gasteiger partial charge in [0.1, 0.15) is 6.29 Å². The Hall–Kier alpha value is -1.16. The molecule has 1 saturated heterocycles. The van der Waals surface area contributed by atoms with Gasteiger partial charge in [-0.15, -0.1) is 0 Å². The number of carbonyl (C=O) groups excluding carboxylic acids is 1. The Balaban J connectivity index is 1.95. The molecule has 1 aromatic rings. The van der Waals surface area contributed by atoms with Gasteiger partial charge in [-0.25, -0.2) is 4.98 Å².